The van der Waals surface area contributed by atoms with E-state index in [4.69, 9.17) is 16.3 Å². The van der Waals surface area contributed by atoms with Crippen molar-refractivity contribution in [1.29, 1.82) is 5.26 Å². The van der Waals surface area contributed by atoms with Crippen molar-refractivity contribution in [2.75, 3.05) is 54.4 Å². The predicted octanol–water partition coefficient (Wildman–Crippen LogP) is 4.92. The highest BCUT2D eigenvalue weighted by Gasteiger charge is 2.63. The molecule has 12 nitrogen and oxygen atoms in total. The van der Waals surface area contributed by atoms with Crippen molar-refractivity contribution in [2.24, 2.45) is 10.8 Å². The molecule has 1 aliphatic carbocycles. The van der Waals surface area contributed by atoms with Gasteiger partial charge in [-0.05, 0) is 61.0 Å². The van der Waals surface area contributed by atoms with Gasteiger partial charge in [-0.3, -0.25) is 34.3 Å². The minimum atomic E-state index is -0.968. The minimum Gasteiger partial charge on any atom is -0.489 e. The molecule has 1 saturated carbocycles. The zero-order chi connectivity index (χ0) is 38.1. The van der Waals surface area contributed by atoms with Gasteiger partial charge in [-0.2, -0.15) is 5.26 Å². The van der Waals surface area contributed by atoms with Crippen LogP contribution in [-0.2, 0) is 9.59 Å². The van der Waals surface area contributed by atoms with E-state index in [1.807, 2.05) is 12.1 Å². The zero-order valence-corrected chi connectivity index (χ0v) is 31.7. The molecule has 3 aromatic carbocycles. The molecule has 3 saturated heterocycles. The van der Waals surface area contributed by atoms with E-state index < -0.39 is 23.8 Å². The third kappa shape index (κ3) is 6.03. The molecule has 4 fully saturated rings. The number of nitriles is 1. The molecule has 0 bridgehead atoms. The van der Waals surface area contributed by atoms with Crippen LogP contribution in [0, 0.1) is 22.2 Å². The molecule has 0 spiro atoms. The number of amides is 4. The number of piperazine rings is 1. The van der Waals surface area contributed by atoms with Gasteiger partial charge in [0.15, 0.2) is 0 Å². The molecule has 4 amide bonds. The summed E-state index contributed by atoms with van der Waals surface area (Å²) in [7, 11) is 0. The Bertz CT molecular complexity index is 2070. The third-order valence-corrected chi connectivity index (χ3v) is 12.5. The van der Waals surface area contributed by atoms with E-state index in [2.05, 4.69) is 83.4 Å². The predicted molar refractivity (Wildman–Crippen MR) is 205 cm³/mol. The summed E-state index contributed by atoms with van der Waals surface area (Å²) >= 11 is 6.27. The number of anilines is 3. The number of fused-ring (bicyclic) bond motifs is 1. The van der Waals surface area contributed by atoms with Gasteiger partial charge in [-0.25, -0.2) is 0 Å². The van der Waals surface area contributed by atoms with E-state index in [1.54, 1.807) is 24.3 Å². The molecule has 280 valence electrons. The number of rotatable bonds is 8. The van der Waals surface area contributed by atoms with Gasteiger partial charge in [0.1, 0.15) is 24.0 Å². The lowest BCUT2D eigenvalue weighted by atomic mass is 9.49. The second-order valence-electron chi connectivity index (χ2n) is 16.3. The van der Waals surface area contributed by atoms with Gasteiger partial charge in [0.2, 0.25) is 11.8 Å². The fourth-order valence-electron chi connectivity index (χ4n) is 9.43. The molecule has 54 heavy (non-hydrogen) atoms. The number of imide groups is 2. The van der Waals surface area contributed by atoms with Gasteiger partial charge < -0.3 is 19.9 Å². The molecular formula is C41H44ClN7O5. The second-order valence-corrected chi connectivity index (χ2v) is 16.7. The summed E-state index contributed by atoms with van der Waals surface area (Å²) in [5, 5.41) is 15.6. The number of ether oxygens (including phenoxy) is 1. The van der Waals surface area contributed by atoms with Crippen LogP contribution in [0.5, 0.6) is 5.75 Å². The molecule has 0 radical (unpaired) electrons. The summed E-state index contributed by atoms with van der Waals surface area (Å²) in [4.78, 5) is 58.6. The number of piperidine rings is 1. The highest BCUT2D eigenvalue weighted by Crippen LogP contribution is 2.56. The van der Waals surface area contributed by atoms with Crippen LogP contribution in [0.4, 0.5) is 17.1 Å². The number of halogens is 1. The molecular weight excluding hydrogens is 706 g/mol. The number of hydrogen-bond donors (Lipinski definition) is 2. The van der Waals surface area contributed by atoms with Gasteiger partial charge in [0.25, 0.3) is 11.8 Å². The first kappa shape index (κ1) is 35.9. The smallest absolute Gasteiger partial charge is 0.262 e. The van der Waals surface area contributed by atoms with Crippen molar-refractivity contribution in [3.63, 3.8) is 0 Å². The largest absolute Gasteiger partial charge is 0.489 e. The molecule has 4 heterocycles. The van der Waals surface area contributed by atoms with E-state index in [1.165, 1.54) is 5.69 Å². The topological polar surface area (TPSA) is 138 Å². The molecule has 8 rings (SSSR count). The van der Waals surface area contributed by atoms with Crippen molar-refractivity contribution >= 4 is 52.3 Å². The SMILES string of the molecule is CC1(C)C(Nc2ccc(N3CCN(C4CN(c5ccc6c(c5)C(=O)N(C5CCC(=O)NC5=O)C6=O)C4)CC3)cc2)C(C)(C)C1Oc1ccc(C#N)c(Cl)c1. The quantitative estimate of drug-likeness (QED) is 0.306. The normalized spacial score (nSPS) is 25.0. The standard InChI is InChI=1S/C41H44ClN7O5/c1-40(2)38(41(3,4)39(40)54-29-11-5-24(21-43)32(42)20-29)44-25-6-8-26(9-7-25)46-15-17-47(18-16-46)28-22-48(23-28)27-10-12-30-31(19-27)37(53)49(36(30)52)33-13-14-34(50)45-35(33)51/h5-12,19-20,28,33,38-39,44H,13-18,22-23H2,1-4H3,(H,45,50,51). The first-order chi connectivity index (χ1) is 25.8. The maximum atomic E-state index is 13.3. The molecule has 13 heteroatoms. The average Bonchev–Trinajstić information content (AvgIpc) is 3.37. The highest BCUT2D eigenvalue weighted by molar-refractivity contribution is 6.31. The molecule has 5 aliphatic rings. The zero-order valence-electron chi connectivity index (χ0n) is 30.9. The first-order valence-electron chi connectivity index (χ1n) is 18.6. The Hall–Kier alpha value is -5.12. The fraction of sp³-hybridized carbons (Fsp3) is 0.439. The minimum absolute atomic E-state index is 0.0501. The van der Waals surface area contributed by atoms with Crippen molar-refractivity contribution in [2.45, 2.75) is 64.8 Å². The summed E-state index contributed by atoms with van der Waals surface area (Å²) < 4.78 is 6.45. The van der Waals surface area contributed by atoms with Crippen LogP contribution in [0.2, 0.25) is 5.02 Å². The lowest BCUT2D eigenvalue weighted by Crippen LogP contribution is -2.72. The van der Waals surface area contributed by atoms with E-state index in [0.29, 0.717) is 33.5 Å². The monoisotopic (exact) mass is 749 g/mol. The lowest BCUT2D eigenvalue weighted by Gasteiger charge is -2.63. The number of hydrogen-bond acceptors (Lipinski definition) is 10. The Morgan fingerprint density at radius 1 is 0.833 bits per heavy atom. The van der Waals surface area contributed by atoms with Gasteiger partial charge >= 0.3 is 0 Å². The summed E-state index contributed by atoms with van der Waals surface area (Å²) in [5.41, 5.74) is 3.87. The summed E-state index contributed by atoms with van der Waals surface area (Å²) in [6, 6.07) is 20.9. The van der Waals surface area contributed by atoms with E-state index in [9.17, 15) is 24.4 Å². The van der Waals surface area contributed by atoms with Crippen molar-refractivity contribution in [3.05, 3.63) is 82.4 Å². The third-order valence-electron chi connectivity index (χ3n) is 12.2. The summed E-state index contributed by atoms with van der Waals surface area (Å²) in [6.07, 6.45) is 0.185. The average molecular weight is 750 g/mol. The summed E-state index contributed by atoms with van der Waals surface area (Å²) in [6.45, 7) is 14.3. The van der Waals surface area contributed by atoms with Gasteiger partial charge in [-0.15, -0.1) is 0 Å². The van der Waals surface area contributed by atoms with Gasteiger partial charge in [0.05, 0.1) is 21.7 Å². The van der Waals surface area contributed by atoms with E-state index in [-0.39, 0.29) is 41.7 Å². The number of carbonyl (C=O) groups is 4. The Morgan fingerprint density at radius 2 is 1.50 bits per heavy atom. The van der Waals surface area contributed by atoms with E-state index >= 15 is 0 Å². The van der Waals surface area contributed by atoms with E-state index in [0.717, 1.165) is 55.5 Å². The number of benzene rings is 3. The van der Waals surface area contributed by atoms with Crippen LogP contribution in [0.25, 0.3) is 0 Å². The number of nitrogens with one attached hydrogen (secondary N) is 2. The van der Waals surface area contributed by atoms with Crippen LogP contribution in [-0.4, -0.2) is 96.9 Å². The number of nitrogens with zero attached hydrogens (tertiary/aromatic N) is 5. The second kappa shape index (κ2) is 13.3. The molecule has 0 aromatic heterocycles. The Balaban J connectivity index is 0.822. The first-order valence-corrected chi connectivity index (χ1v) is 19.0. The lowest BCUT2D eigenvalue weighted by molar-refractivity contribution is -0.147. The fourth-order valence-corrected chi connectivity index (χ4v) is 9.64. The Labute approximate surface area is 320 Å². The van der Waals surface area contributed by atoms with Crippen LogP contribution < -0.4 is 25.2 Å². The maximum Gasteiger partial charge on any atom is 0.262 e. The molecule has 4 aliphatic heterocycles. The molecule has 1 atom stereocenters. The Kier molecular flexibility index (Phi) is 8.85. The molecule has 2 N–H and O–H groups in total. The van der Waals surface area contributed by atoms with Crippen molar-refractivity contribution < 1.29 is 23.9 Å². The highest BCUT2D eigenvalue weighted by atomic mass is 35.5. The Morgan fingerprint density at radius 3 is 2.15 bits per heavy atom. The van der Waals surface area contributed by atoms with Crippen molar-refractivity contribution in [1.82, 2.24) is 15.1 Å². The number of carbonyl (C=O) groups excluding carboxylic acids is 4. The van der Waals surface area contributed by atoms with Crippen LogP contribution >= 0.6 is 11.6 Å². The van der Waals surface area contributed by atoms with Crippen LogP contribution in [0.1, 0.15) is 66.8 Å². The molecule has 3 aromatic rings. The van der Waals surface area contributed by atoms with Crippen molar-refractivity contribution in [3.8, 4) is 11.8 Å². The summed E-state index contributed by atoms with van der Waals surface area (Å²) in [5.74, 6) is -1.30. The van der Waals surface area contributed by atoms with Crippen LogP contribution in [0.3, 0.4) is 0 Å². The molecule has 1 unspecified atom stereocenters. The van der Waals surface area contributed by atoms with Gasteiger partial charge in [-0.1, -0.05) is 39.3 Å². The van der Waals surface area contributed by atoms with Crippen LogP contribution in [0.15, 0.2) is 60.7 Å². The van der Waals surface area contributed by atoms with Gasteiger partial charge in [0, 0.05) is 91.7 Å². The maximum absolute atomic E-state index is 13.3.